The van der Waals surface area contributed by atoms with Crippen LogP contribution in [-0.2, 0) is 0 Å². The van der Waals surface area contributed by atoms with Crippen LogP contribution >= 0.6 is 0 Å². The van der Waals surface area contributed by atoms with Crippen molar-refractivity contribution in [2.45, 2.75) is 26.8 Å². The first-order chi connectivity index (χ1) is 9.97. The number of rotatable bonds is 4. The lowest BCUT2D eigenvalue weighted by molar-refractivity contribution is 0.385. The van der Waals surface area contributed by atoms with E-state index in [2.05, 4.69) is 31.4 Å². The van der Waals surface area contributed by atoms with Crippen LogP contribution in [0.15, 0.2) is 30.3 Å². The van der Waals surface area contributed by atoms with Crippen molar-refractivity contribution in [2.24, 2.45) is 5.84 Å². The maximum absolute atomic E-state index is 13.9. The predicted octanol–water partition coefficient (Wildman–Crippen LogP) is 3.31. The van der Waals surface area contributed by atoms with E-state index < -0.39 is 5.82 Å². The van der Waals surface area contributed by atoms with E-state index in [9.17, 15) is 4.39 Å². The first-order valence-corrected chi connectivity index (χ1v) is 6.85. The van der Waals surface area contributed by atoms with Gasteiger partial charge in [0.1, 0.15) is 0 Å². The van der Waals surface area contributed by atoms with Gasteiger partial charge >= 0.3 is 0 Å². The lowest BCUT2D eigenvalue weighted by Crippen LogP contribution is -2.29. The fraction of sp³-hybridized carbons (Fsp3) is 0.294. The Morgan fingerprint density at radius 2 is 1.71 bits per heavy atom. The topological polar surface area (TPSA) is 47.3 Å². The number of ether oxygens (including phenoxy) is 1. The van der Waals surface area contributed by atoms with Gasteiger partial charge in [-0.2, -0.15) is 0 Å². The molecule has 2 aromatic carbocycles. The molecule has 0 amide bonds. The summed E-state index contributed by atoms with van der Waals surface area (Å²) in [6, 6.07) is 8.85. The number of methoxy groups -OCH3 is 1. The summed E-state index contributed by atoms with van der Waals surface area (Å²) < 4.78 is 18.9. The molecule has 4 heteroatoms. The van der Waals surface area contributed by atoms with Crippen LogP contribution < -0.4 is 16.0 Å². The largest absolute Gasteiger partial charge is 0.494 e. The molecule has 0 aromatic heterocycles. The summed E-state index contributed by atoms with van der Waals surface area (Å²) in [5, 5.41) is 0. The summed E-state index contributed by atoms with van der Waals surface area (Å²) in [5.41, 5.74) is 8.13. The molecule has 21 heavy (non-hydrogen) atoms. The maximum Gasteiger partial charge on any atom is 0.165 e. The van der Waals surface area contributed by atoms with Crippen molar-refractivity contribution in [3.63, 3.8) is 0 Å². The van der Waals surface area contributed by atoms with Crippen LogP contribution in [-0.4, -0.2) is 7.11 Å². The third-order valence-corrected chi connectivity index (χ3v) is 3.87. The number of benzene rings is 2. The Bertz CT molecular complexity index is 655. The molecule has 0 heterocycles. The highest BCUT2D eigenvalue weighted by molar-refractivity contribution is 5.43. The molecule has 0 aliphatic carbocycles. The predicted molar refractivity (Wildman–Crippen MR) is 82.8 cm³/mol. The number of nitrogens with two attached hydrogens (primary N) is 1. The SMILES string of the molecule is COc1ccc(C(NN)c2cc(C)c(C)cc2C)cc1F. The Hall–Kier alpha value is -1.91. The molecular formula is C17H21FN2O. The zero-order chi connectivity index (χ0) is 15.6. The van der Waals surface area contributed by atoms with Crippen LogP contribution in [0.3, 0.4) is 0 Å². The second kappa shape index (κ2) is 6.24. The van der Waals surface area contributed by atoms with E-state index in [1.165, 1.54) is 24.3 Å². The fourth-order valence-electron chi connectivity index (χ4n) is 2.52. The lowest BCUT2D eigenvalue weighted by atomic mass is 9.92. The van der Waals surface area contributed by atoms with Gasteiger partial charge in [0.15, 0.2) is 11.6 Å². The van der Waals surface area contributed by atoms with Crippen LogP contribution in [0, 0.1) is 26.6 Å². The van der Waals surface area contributed by atoms with Crippen molar-refractivity contribution < 1.29 is 9.13 Å². The normalized spacial score (nSPS) is 12.3. The van der Waals surface area contributed by atoms with Crippen molar-refractivity contribution in [1.29, 1.82) is 0 Å². The Labute approximate surface area is 124 Å². The smallest absolute Gasteiger partial charge is 0.165 e. The van der Waals surface area contributed by atoms with Gasteiger partial charge in [-0.05, 0) is 60.7 Å². The van der Waals surface area contributed by atoms with Crippen molar-refractivity contribution in [3.05, 3.63) is 64.0 Å². The molecule has 2 aromatic rings. The van der Waals surface area contributed by atoms with Crippen molar-refractivity contribution >= 4 is 0 Å². The summed E-state index contributed by atoms with van der Waals surface area (Å²) in [6.07, 6.45) is 0. The van der Waals surface area contributed by atoms with E-state index in [1.54, 1.807) is 6.07 Å². The molecule has 0 saturated heterocycles. The number of halogens is 1. The molecule has 0 radical (unpaired) electrons. The quantitative estimate of drug-likeness (QED) is 0.670. The minimum atomic E-state index is -0.392. The third kappa shape index (κ3) is 3.06. The van der Waals surface area contributed by atoms with Crippen LogP contribution in [0.2, 0.25) is 0 Å². The standard InChI is InChI=1S/C17H21FN2O/c1-10-7-12(3)14(8-11(10)2)17(20-19)13-5-6-16(21-4)15(18)9-13/h5-9,17,20H,19H2,1-4H3. The van der Waals surface area contributed by atoms with Gasteiger partial charge in [0.25, 0.3) is 0 Å². The molecule has 0 aliphatic rings. The zero-order valence-electron chi connectivity index (χ0n) is 12.8. The van der Waals surface area contributed by atoms with E-state index in [-0.39, 0.29) is 11.8 Å². The van der Waals surface area contributed by atoms with E-state index in [4.69, 9.17) is 10.6 Å². The summed E-state index contributed by atoms with van der Waals surface area (Å²) >= 11 is 0. The molecule has 112 valence electrons. The average molecular weight is 288 g/mol. The Morgan fingerprint density at radius 3 is 2.29 bits per heavy atom. The summed E-state index contributed by atoms with van der Waals surface area (Å²) in [6.45, 7) is 6.16. The molecule has 1 atom stereocenters. The second-order valence-electron chi connectivity index (χ2n) is 5.29. The van der Waals surface area contributed by atoms with E-state index in [0.29, 0.717) is 0 Å². The van der Waals surface area contributed by atoms with Gasteiger partial charge in [0.2, 0.25) is 0 Å². The molecule has 0 aliphatic heterocycles. The van der Waals surface area contributed by atoms with Gasteiger partial charge < -0.3 is 4.74 Å². The number of hydrogen-bond donors (Lipinski definition) is 2. The lowest BCUT2D eigenvalue weighted by Gasteiger charge is -2.21. The van der Waals surface area contributed by atoms with Gasteiger partial charge in [-0.3, -0.25) is 5.84 Å². The zero-order valence-corrected chi connectivity index (χ0v) is 12.8. The van der Waals surface area contributed by atoms with Gasteiger partial charge in [-0.25, -0.2) is 9.82 Å². The Balaban J connectivity index is 2.49. The van der Waals surface area contributed by atoms with Crippen LogP contribution in [0.25, 0.3) is 0 Å². The van der Waals surface area contributed by atoms with E-state index in [1.807, 2.05) is 13.0 Å². The number of hydrazine groups is 1. The van der Waals surface area contributed by atoms with Crippen LogP contribution in [0.5, 0.6) is 5.75 Å². The number of aryl methyl sites for hydroxylation is 3. The Kier molecular flexibility index (Phi) is 4.60. The van der Waals surface area contributed by atoms with Crippen molar-refractivity contribution in [1.82, 2.24) is 5.43 Å². The fourth-order valence-corrected chi connectivity index (χ4v) is 2.52. The molecule has 3 N–H and O–H groups in total. The third-order valence-electron chi connectivity index (χ3n) is 3.87. The van der Waals surface area contributed by atoms with E-state index in [0.717, 1.165) is 16.7 Å². The number of hydrogen-bond acceptors (Lipinski definition) is 3. The van der Waals surface area contributed by atoms with Crippen molar-refractivity contribution in [2.75, 3.05) is 7.11 Å². The average Bonchev–Trinajstić information content (AvgIpc) is 2.45. The van der Waals surface area contributed by atoms with Crippen LogP contribution in [0.1, 0.15) is 33.9 Å². The summed E-state index contributed by atoms with van der Waals surface area (Å²) in [5.74, 6) is 5.55. The molecular weight excluding hydrogens is 267 g/mol. The molecule has 0 spiro atoms. The molecule has 0 saturated carbocycles. The molecule has 2 rings (SSSR count). The van der Waals surface area contributed by atoms with Gasteiger partial charge in [0.05, 0.1) is 13.2 Å². The van der Waals surface area contributed by atoms with Crippen LogP contribution in [0.4, 0.5) is 4.39 Å². The minimum absolute atomic E-state index is 0.228. The van der Waals surface area contributed by atoms with Gasteiger partial charge in [-0.15, -0.1) is 0 Å². The highest BCUT2D eigenvalue weighted by Gasteiger charge is 2.17. The van der Waals surface area contributed by atoms with E-state index >= 15 is 0 Å². The molecule has 0 fully saturated rings. The first kappa shape index (κ1) is 15.5. The molecule has 3 nitrogen and oxygen atoms in total. The maximum atomic E-state index is 13.9. The summed E-state index contributed by atoms with van der Waals surface area (Å²) in [4.78, 5) is 0. The molecule has 0 bridgehead atoms. The highest BCUT2D eigenvalue weighted by Crippen LogP contribution is 2.29. The Morgan fingerprint density at radius 1 is 1.05 bits per heavy atom. The monoisotopic (exact) mass is 288 g/mol. The minimum Gasteiger partial charge on any atom is -0.494 e. The highest BCUT2D eigenvalue weighted by atomic mass is 19.1. The van der Waals surface area contributed by atoms with Gasteiger partial charge in [0, 0.05) is 0 Å². The summed E-state index contributed by atoms with van der Waals surface area (Å²) in [7, 11) is 1.45. The molecule has 1 unspecified atom stereocenters. The second-order valence-corrected chi connectivity index (χ2v) is 5.29. The van der Waals surface area contributed by atoms with Crippen molar-refractivity contribution in [3.8, 4) is 5.75 Å². The number of nitrogens with one attached hydrogen (secondary N) is 1. The van der Waals surface area contributed by atoms with Gasteiger partial charge in [-0.1, -0.05) is 18.2 Å². The first-order valence-electron chi connectivity index (χ1n) is 6.85.